The van der Waals surface area contributed by atoms with Crippen LogP contribution < -0.4 is 10.0 Å². The minimum Gasteiger partial charge on any atom is -0.312 e. The van der Waals surface area contributed by atoms with Gasteiger partial charge in [-0.05, 0) is 65.1 Å². The zero-order valence-electron chi connectivity index (χ0n) is 11.4. The summed E-state index contributed by atoms with van der Waals surface area (Å²) >= 11 is 4.75. The van der Waals surface area contributed by atoms with Crippen molar-refractivity contribution in [2.24, 2.45) is 0 Å². The first kappa shape index (κ1) is 15.0. The molecule has 0 saturated heterocycles. The summed E-state index contributed by atoms with van der Waals surface area (Å²) in [5, 5.41) is 3.29. The van der Waals surface area contributed by atoms with Crippen LogP contribution in [0, 0.1) is 6.92 Å². The lowest BCUT2D eigenvalue weighted by Crippen LogP contribution is -2.23. The second-order valence-electron chi connectivity index (χ2n) is 4.99. The Morgan fingerprint density at radius 1 is 1.29 bits per heavy atom. The molecule has 1 aromatic carbocycles. The Morgan fingerprint density at radius 2 is 2.10 bits per heavy atom. The SMILES string of the molecule is Cc1sc(Br)cc1S(=O)(=O)Nc1ccc2c(c1)CNCC2. The summed E-state index contributed by atoms with van der Waals surface area (Å²) in [4.78, 5) is 1.10. The van der Waals surface area contributed by atoms with Gasteiger partial charge in [-0.25, -0.2) is 8.42 Å². The fraction of sp³-hybridized carbons (Fsp3) is 0.286. The van der Waals surface area contributed by atoms with Gasteiger partial charge in [0.2, 0.25) is 0 Å². The van der Waals surface area contributed by atoms with Crippen LogP contribution in [0.4, 0.5) is 5.69 Å². The molecule has 0 unspecified atom stereocenters. The van der Waals surface area contributed by atoms with Gasteiger partial charge >= 0.3 is 0 Å². The second-order valence-corrected chi connectivity index (χ2v) is 9.27. The van der Waals surface area contributed by atoms with Crippen molar-refractivity contribution < 1.29 is 8.42 Å². The number of hydrogen-bond acceptors (Lipinski definition) is 4. The third-order valence-electron chi connectivity index (χ3n) is 3.48. The molecular weight excluding hydrogens is 372 g/mol. The van der Waals surface area contributed by atoms with Crippen LogP contribution in [0.5, 0.6) is 0 Å². The summed E-state index contributed by atoms with van der Waals surface area (Å²) in [5.74, 6) is 0. The lowest BCUT2D eigenvalue weighted by Gasteiger charge is -2.18. The van der Waals surface area contributed by atoms with E-state index in [-0.39, 0.29) is 0 Å². The van der Waals surface area contributed by atoms with Crippen LogP contribution in [0.1, 0.15) is 16.0 Å². The Labute approximate surface area is 136 Å². The highest BCUT2D eigenvalue weighted by Gasteiger charge is 2.20. The highest BCUT2D eigenvalue weighted by molar-refractivity contribution is 9.11. The van der Waals surface area contributed by atoms with Crippen LogP contribution in [-0.4, -0.2) is 15.0 Å². The molecule has 7 heteroatoms. The summed E-state index contributed by atoms with van der Waals surface area (Å²) in [6.07, 6.45) is 0.985. The van der Waals surface area contributed by atoms with Crippen molar-refractivity contribution in [1.29, 1.82) is 0 Å². The largest absolute Gasteiger partial charge is 0.312 e. The van der Waals surface area contributed by atoms with Gasteiger partial charge in [-0.1, -0.05) is 6.07 Å². The highest BCUT2D eigenvalue weighted by Crippen LogP contribution is 2.31. The molecule has 0 radical (unpaired) electrons. The van der Waals surface area contributed by atoms with Crippen LogP contribution in [-0.2, 0) is 23.0 Å². The maximum atomic E-state index is 12.5. The van der Waals surface area contributed by atoms with Crippen LogP contribution in [0.15, 0.2) is 32.9 Å². The first-order chi connectivity index (χ1) is 9.95. The maximum Gasteiger partial charge on any atom is 0.263 e. The van der Waals surface area contributed by atoms with Gasteiger partial charge in [0.05, 0.1) is 3.79 Å². The van der Waals surface area contributed by atoms with E-state index in [2.05, 4.69) is 26.0 Å². The number of hydrogen-bond donors (Lipinski definition) is 2. The molecule has 0 bridgehead atoms. The molecular formula is C14H15BrN2O2S2. The first-order valence-corrected chi connectivity index (χ1v) is 9.66. The summed E-state index contributed by atoms with van der Waals surface area (Å²) in [6.45, 7) is 3.56. The minimum atomic E-state index is -3.54. The molecule has 1 aliphatic rings. The molecule has 1 aliphatic heterocycles. The molecule has 1 aromatic heterocycles. The standard InChI is InChI=1S/C14H15BrN2O2S2/c1-9-13(7-14(15)20-9)21(18,19)17-12-3-2-10-4-5-16-8-11(10)6-12/h2-3,6-7,16-17H,4-5,8H2,1H3. The Morgan fingerprint density at radius 3 is 2.81 bits per heavy atom. The molecule has 3 rings (SSSR count). The Bertz CT molecular complexity index is 784. The van der Waals surface area contributed by atoms with Gasteiger partial charge in [-0.3, -0.25) is 4.72 Å². The topological polar surface area (TPSA) is 58.2 Å². The third-order valence-corrected chi connectivity index (χ3v) is 6.67. The fourth-order valence-electron chi connectivity index (χ4n) is 2.45. The molecule has 0 saturated carbocycles. The van der Waals surface area contributed by atoms with Crippen LogP contribution in [0.25, 0.3) is 0 Å². The van der Waals surface area contributed by atoms with Crippen molar-refractivity contribution in [3.8, 4) is 0 Å². The van der Waals surface area contributed by atoms with E-state index in [0.717, 1.165) is 33.7 Å². The molecule has 0 fully saturated rings. The van der Waals surface area contributed by atoms with E-state index in [1.165, 1.54) is 16.9 Å². The number of aryl methyl sites for hydroxylation is 1. The summed E-state index contributed by atoms with van der Waals surface area (Å²) in [6, 6.07) is 7.39. The normalized spacial score (nSPS) is 14.8. The third kappa shape index (κ3) is 3.15. The monoisotopic (exact) mass is 386 g/mol. The average molecular weight is 387 g/mol. The predicted octanol–water partition coefficient (Wildman–Crippen LogP) is 3.27. The molecule has 2 N–H and O–H groups in total. The number of fused-ring (bicyclic) bond motifs is 1. The molecule has 2 heterocycles. The molecule has 4 nitrogen and oxygen atoms in total. The summed E-state index contributed by atoms with van der Waals surface area (Å²) in [5.41, 5.74) is 3.05. The fourth-order valence-corrected chi connectivity index (χ4v) is 5.92. The summed E-state index contributed by atoms with van der Waals surface area (Å²) in [7, 11) is -3.54. The van der Waals surface area contributed by atoms with Gasteiger partial charge in [0.1, 0.15) is 4.90 Å². The number of thiophene rings is 1. The van der Waals surface area contributed by atoms with Crippen molar-refractivity contribution in [3.05, 3.63) is 44.1 Å². The molecule has 0 amide bonds. The molecule has 21 heavy (non-hydrogen) atoms. The number of rotatable bonds is 3. The zero-order chi connectivity index (χ0) is 15.0. The predicted molar refractivity (Wildman–Crippen MR) is 89.4 cm³/mol. The van der Waals surface area contributed by atoms with Crippen LogP contribution in [0.3, 0.4) is 0 Å². The van der Waals surface area contributed by atoms with E-state index in [1.54, 1.807) is 13.0 Å². The molecule has 0 atom stereocenters. The van der Waals surface area contributed by atoms with Gasteiger partial charge < -0.3 is 5.32 Å². The Hall–Kier alpha value is -0.890. The molecule has 2 aromatic rings. The van der Waals surface area contributed by atoms with E-state index in [1.807, 2.05) is 18.2 Å². The smallest absolute Gasteiger partial charge is 0.263 e. The van der Waals surface area contributed by atoms with Gasteiger partial charge in [0, 0.05) is 17.1 Å². The van der Waals surface area contributed by atoms with Gasteiger partial charge in [0.25, 0.3) is 10.0 Å². The zero-order valence-corrected chi connectivity index (χ0v) is 14.7. The number of benzene rings is 1. The first-order valence-electron chi connectivity index (χ1n) is 6.57. The lowest BCUT2D eigenvalue weighted by atomic mass is 10.0. The number of nitrogens with one attached hydrogen (secondary N) is 2. The Balaban J connectivity index is 1.90. The van der Waals surface area contributed by atoms with E-state index in [4.69, 9.17) is 0 Å². The molecule has 0 spiro atoms. The number of halogens is 1. The second kappa shape index (κ2) is 5.72. The quantitative estimate of drug-likeness (QED) is 0.850. The van der Waals surface area contributed by atoms with Crippen LogP contribution >= 0.6 is 27.3 Å². The lowest BCUT2D eigenvalue weighted by molar-refractivity contribution is 0.601. The van der Waals surface area contributed by atoms with Gasteiger partial charge in [-0.15, -0.1) is 11.3 Å². The number of anilines is 1. The molecule has 112 valence electrons. The van der Waals surface area contributed by atoms with Crippen molar-refractivity contribution in [2.45, 2.75) is 24.8 Å². The average Bonchev–Trinajstić information content (AvgIpc) is 2.78. The van der Waals surface area contributed by atoms with E-state index < -0.39 is 10.0 Å². The van der Waals surface area contributed by atoms with Crippen LogP contribution in [0.2, 0.25) is 0 Å². The minimum absolute atomic E-state index is 0.329. The van der Waals surface area contributed by atoms with Gasteiger partial charge in [0.15, 0.2) is 0 Å². The molecule has 0 aliphatic carbocycles. The van der Waals surface area contributed by atoms with Crippen molar-refractivity contribution >= 4 is 43.0 Å². The van der Waals surface area contributed by atoms with Crippen molar-refractivity contribution in [3.63, 3.8) is 0 Å². The highest BCUT2D eigenvalue weighted by atomic mass is 79.9. The van der Waals surface area contributed by atoms with E-state index >= 15 is 0 Å². The van der Waals surface area contributed by atoms with E-state index in [0.29, 0.717) is 10.6 Å². The van der Waals surface area contributed by atoms with Crippen molar-refractivity contribution in [2.75, 3.05) is 11.3 Å². The van der Waals surface area contributed by atoms with E-state index in [9.17, 15) is 8.42 Å². The summed E-state index contributed by atoms with van der Waals surface area (Å²) < 4.78 is 28.4. The van der Waals surface area contributed by atoms with Gasteiger partial charge in [-0.2, -0.15) is 0 Å². The Kier molecular flexibility index (Phi) is 4.09. The number of sulfonamides is 1. The van der Waals surface area contributed by atoms with Crippen molar-refractivity contribution in [1.82, 2.24) is 5.32 Å². The maximum absolute atomic E-state index is 12.5.